The van der Waals surface area contributed by atoms with Crippen LogP contribution >= 0.6 is 0 Å². The highest BCUT2D eigenvalue weighted by Gasteiger charge is 2.29. The van der Waals surface area contributed by atoms with E-state index in [-0.39, 0.29) is 17.4 Å². The van der Waals surface area contributed by atoms with Gasteiger partial charge < -0.3 is 14.8 Å². The van der Waals surface area contributed by atoms with Gasteiger partial charge in [-0.15, -0.1) is 10.2 Å². The molecule has 0 atom stereocenters. The Bertz CT molecular complexity index is 798. The van der Waals surface area contributed by atoms with Crippen LogP contribution in [0.3, 0.4) is 0 Å². The van der Waals surface area contributed by atoms with Crippen LogP contribution in [0.4, 0.5) is 8.78 Å². The van der Waals surface area contributed by atoms with Gasteiger partial charge in [-0.2, -0.15) is 0 Å². The number of nitrogens with zero attached hydrogens (tertiary/aromatic N) is 4. The standard InChI is InChI=1S/C17H19F2N5O/c18-13-2-1-12(9-14(13)19)17(25)23-6-3-11(4-7-23)16-22-21-15-10-20-5-8-24(15)16/h1-2,9,11,20H,3-8,10H2. The molecule has 1 fully saturated rings. The quantitative estimate of drug-likeness (QED) is 0.898. The molecule has 1 N–H and O–H groups in total. The molecular formula is C17H19F2N5O. The lowest BCUT2D eigenvalue weighted by Gasteiger charge is -2.32. The molecule has 1 amide bonds. The van der Waals surface area contributed by atoms with Crippen molar-refractivity contribution in [2.75, 3.05) is 19.6 Å². The Hall–Kier alpha value is -2.35. The lowest BCUT2D eigenvalue weighted by atomic mass is 9.95. The van der Waals surface area contributed by atoms with Crippen LogP contribution in [0.2, 0.25) is 0 Å². The summed E-state index contributed by atoms with van der Waals surface area (Å²) in [5, 5.41) is 11.9. The number of hydrogen-bond acceptors (Lipinski definition) is 4. The van der Waals surface area contributed by atoms with Crippen LogP contribution in [0.1, 0.15) is 40.8 Å². The van der Waals surface area contributed by atoms with Crippen LogP contribution in [0.5, 0.6) is 0 Å². The van der Waals surface area contributed by atoms with E-state index < -0.39 is 11.6 Å². The minimum absolute atomic E-state index is 0.184. The van der Waals surface area contributed by atoms with Gasteiger partial charge in [-0.25, -0.2) is 8.78 Å². The normalized spacial score (nSPS) is 18.2. The summed E-state index contributed by atoms with van der Waals surface area (Å²) < 4.78 is 28.6. The first-order valence-electron chi connectivity index (χ1n) is 8.50. The molecule has 0 aliphatic carbocycles. The first-order chi connectivity index (χ1) is 12.1. The van der Waals surface area contributed by atoms with E-state index in [4.69, 9.17) is 0 Å². The van der Waals surface area contributed by atoms with Gasteiger partial charge in [0.1, 0.15) is 11.6 Å². The Morgan fingerprint density at radius 2 is 1.92 bits per heavy atom. The minimum Gasteiger partial charge on any atom is -0.339 e. The SMILES string of the molecule is O=C(c1ccc(F)c(F)c1)N1CCC(c2nnc3n2CCNC3)CC1. The van der Waals surface area contributed by atoms with Gasteiger partial charge >= 0.3 is 0 Å². The summed E-state index contributed by atoms with van der Waals surface area (Å²) in [6.07, 6.45) is 1.59. The third-order valence-electron chi connectivity index (χ3n) is 4.97. The van der Waals surface area contributed by atoms with Crippen LogP contribution in [0, 0.1) is 11.6 Å². The molecule has 2 aromatic rings. The topological polar surface area (TPSA) is 63.1 Å². The number of benzene rings is 1. The highest BCUT2D eigenvalue weighted by Crippen LogP contribution is 2.28. The van der Waals surface area contributed by atoms with E-state index in [0.717, 1.165) is 56.3 Å². The van der Waals surface area contributed by atoms with Crippen LogP contribution < -0.4 is 5.32 Å². The van der Waals surface area contributed by atoms with Gasteiger partial charge in [0.05, 0.1) is 6.54 Å². The predicted molar refractivity (Wildman–Crippen MR) is 86.0 cm³/mol. The van der Waals surface area contributed by atoms with Crippen LogP contribution in [-0.2, 0) is 13.1 Å². The van der Waals surface area contributed by atoms with Crippen molar-refractivity contribution < 1.29 is 13.6 Å². The lowest BCUT2D eigenvalue weighted by molar-refractivity contribution is 0.0709. The molecule has 0 spiro atoms. The molecular weight excluding hydrogens is 328 g/mol. The van der Waals surface area contributed by atoms with E-state index in [1.807, 2.05) is 0 Å². The summed E-state index contributed by atoms with van der Waals surface area (Å²) in [5.41, 5.74) is 0.184. The first-order valence-corrected chi connectivity index (χ1v) is 8.50. The second-order valence-corrected chi connectivity index (χ2v) is 6.50. The van der Waals surface area contributed by atoms with Gasteiger partial charge in [0.15, 0.2) is 11.6 Å². The maximum Gasteiger partial charge on any atom is 0.253 e. The molecule has 4 rings (SSSR count). The van der Waals surface area contributed by atoms with E-state index in [1.165, 1.54) is 6.07 Å². The number of hydrogen-bond donors (Lipinski definition) is 1. The number of amides is 1. The molecule has 3 heterocycles. The molecule has 0 saturated carbocycles. The number of nitrogens with one attached hydrogen (secondary N) is 1. The molecule has 25 heavy (non-hydrogen) atoms. The fourth-order valence-electron chi connectivity index (χ4n) is 3.57. The molecule has 6 nitrogen and oxygen atoms in total. The summed E-state index contributed by atoms with van der Waals surface area (Å²) in [5.74, 6) is 0.0295. The van der Waals surface area contributed by atoms with Gasteiger partial charge in [0, 0.05) is 37.7 Å². The number of carbonyl (C=O) groups excluding carboxylic acids is 1. The number of rotatable bonds is 2. The fraction of sp³-hybridized carbons (Fsp3) is 0.471. The smallest absolute Gasteiger partial charge is 0.253 e. The van der Waals surface area contributed by atoms with Crippen molar-refractivity contribution in [2.24, 2.45) is 0 Å². The summed E-state index contributed by atoms with van der Waals surface area (Å²) in [6, 6.07) is 3.28. The molecule has 0 bridgehead atoms. The van der Waals surface area contributed by atoms with E-state index in [2.05, 4.69) is 20.1 Å². The Labute approximate surface area is 143 Å². The Morgan fingerprint density at radius 3 is 2.68 bits per heavy atom. The van der Waals surface area contributed by atoms with Gasteiger partial charge in [-0.05, 0) is 31.0 Å². The predicted octanol–water partition coefficient (Wildman–Crippen LogP) is 1.68. The van der Waals surface area contributed by atoms with Crippen LogP contribution in [-0.4, -0.2) is 45.2 Å². The number of likely N-dealkylation sites (tertiary alicyclic amines) is 1. The summed E-state index contributed by atoms with van der Waals surface area (Å²) in [6.45, 7) is 3.66. The summed E-state index contributed by atoms with van der Waals surface area (Å²) in [4.78, 5) is 14.2. The summed E-state index contributed by atoms with van der Waals surface area (Å²) in [7, 11) is 0. The summed E-state index contributed by atoms with van der Waals surface area (Å²) >= 11 is 0. The fourth-order valence-corrected chi connectivity index (χ4v) is 3.57. The van der Waals surface area contributed by atoms with E-state index in [9.17, 15) is 13.6 Å². The van der Waals surface area contributed by atoms with Crippen molar-refractivity contribution >= 4 is 5.91 Å². The average molecular weight is 347 g/mol. The van der Waals surface area contributed by atoms with Crippen LogP contribution in [0.15, 0.2) is 18.2 Å². The molecule has 2 aliphatic rings. The number of carbonyl (C=O) groups is 1. The molecule has 0 unspecified atom stereocenters. The molecule has 8 heteroatoms. The molecule has 0 radical (unpaired) electrons. The van der Waals surface area contributed by atoms with Gasteiger partial charge in [0.2, 0.25) is 0 Å². The molecule has 1 aromatic heterocycles. The maximum atomic E-state index is 13.3. The van der Waals surface area contributed by atoms with Crippen LogP contribution in [0.25, 0.3) is 0 Å². The maximum absolute atomic E-state index is 13.3. The lowest BCUT2D eigenvalue weighted by Crippen LogP contribution is -2.39. The molecule has 1 aromatic carbocycles. The second-order valence-electron chi connectivity index (χ2n) is 6.50. The number of halogens is 2. The van der Waals surface area contributed by atoms with E-state index >= 15 is 0 Å². The minimum atomic E-state index is -0.996. The van der Waals surface area contributed by atoms with Gasteiger partial charge in [0.25, 0.3) is 5.91 Å². The number of aromatic nitrogens is 3. The van der Waals surface area contributed by atoms with Gasteiger partial charge in [-0.1, -0.05) is 0 Å². The molecule has 132 valence electrons. The largest absolute Gasteiger partial charge is 0.339 e. The Balaban J connectivity index is 1.43. The van der Waals surface area contributed by atoms with Crippen molar-refractivity contribution in [3.8, 4) is 0 Å². The van der Waals surface area contributed by atoms with Crippen molar-refractivity contribution in [1.82, 2.24) is 25.0 Å². The monoisotopic (exact) mass is 347 g/mol. The van der Waals surface area contributed by atoms with Crippen molar-refractivity contribution in [2.45, 2.75) is 31.8 Å². The van der Waals surface area contributed by atoms with Crippen molar-refractivity contribution in [3.05, 3.63) is 47.0 Å². The first kappa shape index (κ1) is 16.1. The van der Waals surface area contributed by atoms with Crippen molar-refractivity contribution in [3.63, 3.8) is 0 Å². The van der Waals surface area contributed by atoms with Crippen molar-refractivity contribution in [1.29, 1.82) is 0 Å². The third-order valence-corrected chi connectivity index (χ3v) is 4.97. The zero-order chi connectivity index (χ0) is 17.4. The highest BCUT2D eigenvalue weighted by molar-refractivity contribution is 5.94. The Morgan fingerprint density at radius 1 is 1.12 bits per heavy atom. The third kappa shape index (κ3) is 3.02. The van der Waals surface area contributed by atoms with Gasteiger partial charge in [-0.3, -0.25) is 4.79 Å². The highest BCUT2D eigenvalue weighted by atomic mass is 19.2. The average Bonchev–Trinajstić information content (AvgIpc) is 3.08. The zero-order valence-corrected chi connectivity index (χ0v) is 13.7. The molecule has 2 aliphatic heterocycles. The second kappa shape index (κ2) is 6.51. The van der Waals surface area contributed by atoms with E-state index in [0.29, 0.717) is 13.1 Å². The zero-order valence-electron chi connectivity index (χ0n) is 13.7. The molecule has 1 saturated heterocycles. The van der Waals surface area contributed by atoms with E-state index in [1.54, 1.807) is 4.90 Å². The number of fused-ring (bicyclic) bond motifs is 1. The Kier molecular flexibility index (Phi) is 4.20. The number of piperidine rings is 1.